The summed E-state index contributed by atoms with van der Waals surface area (Å²) in [4.78, 5) is 2.83. The van der Waals surface area contributed by atoms with Crippen LogP contribution in [-0.2, 0) is 0 Å². The van der Waals surface area contributed by atoms with Crippen LogP contribution in [0.15, 0.2) is 36.0 Å². The van der Waals surface area contributed by atoms with Crippen molar-refractivity contribution in [2.45, 2.75) is 44.4 Å². The number of halogens is 1. The Hall–Kier alpha value is -0.610. The Bertz CT molecular complexity index is 349. The molecule has 0 saturated carbocycles. The molecule has 0 radical (unpaired) electrons. The van der Waals surface area contributed by atoms with Crippen molar-refractivity contribution >= 4 is 11.8 Å². The summed E-state index contributed by atoms with van der Waals surface area (Å²) in [5, 5.41) is 3.39. The molecule has 0 spiro atoms. The van der Waals surface area contributed by atoms with Gasteiger partial charge in [0.1, 0.15) is 0 Å². The van der Waals surface area contributed by atoms with Crippen molar-refractivity contribution in [2.75, 3.05) is 0 Å². The quantitative estimate of drug-likeness (QED) is 0.408. The maximum atomic E-state index is 6.20. The fourth-order valence-corrected chi connectivity index (χ4v) is 2.76. The second-order valence-corrected chi connectivity index (χ2v) is 5.18. The van der Waals surface area contributed by atoms with Crippen LogP contribution in [0.3, 0.4) is 0 Å². The summed E-state index contributed by atoms with van der Waals surface area (Å²) in [6.45, 7) is 0. The monoisotopic (exact) mass is 267 g/mol. The maximum Gasteiger partial charge on any atom is 0.0791 e. The molecule has 3 nitrogen and oxygen atoms in total. The van der Waals surface area contributed by atoms with Gasteiger partial charge in [-0.1, -0.05) is 30.4 Å². The van der Waals surface area contributed by atoms with Gasteiger partial charge in [-0.05, 0) is 49.5 Å². The Labute approximate surface area is 114 Å². The van der Waals surface area contributed by atoms with Crippen molar-refractivity contribution in [2.24, 2.45) is 11.7 Å². The third kappa shape index (κ3) is 3.69. The van der Waals surface area contributed by atoms with Gasteiger partial charge < -0.3 is 5.73 Å². The van der Waals surface area contributed by atoms with E-state index in [1.807, 2.05) is 0 Å². The van der Waals surface area contributed by atoms with Crippen molar-refractivity contribution in [3.63, 3.8) is 0 Å². The molecule has 2 aliphatic rings. The first kappa shape index (κ1) is 13.8. The molecule has 0 aliphatic heterocycles. The average molecular weight is 268 g/mol. The van der Waals surface area contributed by atoms with Gasteiger partial charge in [-0.25, -0.2) is 4.84 Å². The highest BCUT2D eigenvalue weighted by Gasteiger charge is 2.22. The number of nitrogens with one attached hydrogen (secondary N) is 2. The smallest absolute Gasteiger partial charge is 0.0791 e. The third-order valence-corrected chi connectivity index (χ3v) is 3.88. The van der Waals surface area contributed by atoms with E-state index in [1.165, 1.54) is 18.4 Å². The highest BCUT2D eigenvalue weighted by atomic mass is 35.5. The van der Waals surface area contributed by atoms with Crippen LogP contribution in [0.4, 0.5) is 0 Å². The van der Waals surface area contributed by atoms with Crippen LogP contribution in [-0.4, -0.2) is 12.3 Å². The molecule has 0 aromatic rings. The number of hydrogen-bond acceptors (Lipinski definition) is 3. The molecular formula is C14H22ClN3. The van der Waals surface area contributed by atoms with Crippen molar-refractivity contribution in [3.8, 4) is 0 Å². The van der Waals surface area contributed by atoms with Crippen LogP contribution in [0.5, 0.6) is 0 Å². The van der Waals surface area contributed by atoms with Crippen LogP contribution in [0.25, 0.3) is 0 Å². The molecule has 0 aromatic heterocycles. The van der Waals surface area contributed by atoms with E-state index < -0.39 is 0 Å². The molecular weight excluding hydrogens is 246 g/mol. The van der Waals surface area contributed by atoms with E-state index in [0.29, 0.717) is 5.92 Å². The summed E-state index contributed by atoms with van der Waals surface area (Å²) < 4.78 is 0. The maximum absolute atomic E-state index is 6.20. The van der Waals surface area contributed by atoms with Crippen molar-refractivity contribution in [1.29, 1.82) is 0 Å². The Morgan fingerprint density at radius 2 is 2.22 bits per heavy atom. The van der Waals surface area contributed by atoms with Gasteiger partial charge in [0.05, 0.1) is 12.3 Å². The van der Waals surface area contributed by atoms with Crippen molar-refractivity contribution in [1.82, 2.24) is 10.2 Å². The molecule has 0 fully saturated rings. The van der Waals surface area contributed by atoms with Crippen LogP contribution < -0.4 is 15.9 Å². The number of nitrogens with two attached hydrogens (primary N) is 1. The summed E-state index contributed by atoms with van der Waals surface area (Å²) in [5.74, 6) is 0.419. The van der Waals surface area contributed by atoms with Gasteiger partial charge in [-0.3, -0.25) is 5.32 Å². The minimum atomic E-state index is -0.124. The minimum absolute atomic E-state index is 0.0324. The van der Waals surface area contributed by atoms with Crippen LogP contribution in [0, 0.1) is 5.92 Å². The van der Waals surface area contributed by atoms with Gasteiger partial charge in [0.25, 0.3) is 0 Å². The van der Waals surface area contributed by atoms with E-state index in [-0.39, 0.29) is 12.3 Å². The lowest BCUT2D eigenvalue weighted by Gasteiger charge is -2.30. The number of rotatable bonds is 5. The Balaban J connectivity index is 1.92. The number of hydrogen-bond donors (Lipinski definition) is 3. The highest BCUT2D eigenvalue weighted by Crippen LogP contribution is 2.21. The molecule has 0 amide bonds. The second-order valence-electron chi connectivity index (χ2n) is 4.96. The summed E-state index contributed by atoms with van der Waals surface area (Å²) >= 11 is 5.85. The zero-order valence-electron chi connectivity index (χ0n) is 10.6. The molecule has 0 heterocycles. The Kier molecular flexibility index (Phi) is 5.45. The fraction of sp³-hybridized carbons (Fsp3) is 0.571. The van der Waals surface area contributed by atoms with Crippen molar-refractivity contribution in [3.05, 3.63) is 36.0 Å². The molecule has 2 rings (SSSR count). The molecule has 2 aliphatic carbocycles. The van der Waals surface area contributed by atoms with E-state index in [2.05, 4.69) is 40.5 Å². The summed E-state index contributed by atoms with van der Waals surface area (Å²) in [6, 6.07) is 0. The fourth-order valence-electron chi connectivity index (χ4n) is 2.53. The van der Waals surface area contributed by atoms with Crippen LogP contribution in [0.1, 0.15) is 32.1 Å². The molecule has 3 unspecified atom stereocenters. The zero-order valence-corrected chi connectivity index (χ0v) is 11.4. The standard InChI is InChI=1S/C14H22ClN3/c15-18-14(12-9-5-2-6-10-12)17-13(16)11-7-3-1-4-8-11/h1,3,5,7,9,12-14,17-18H,2,4,6,8,10,16H2. The average Bonchev–Trinajstić information content (AvgIpc) is 2.46. The van der Waals surface area contributed by atoms with E-state index in [9.17, 15) is 0 Å². The van der Waals surface area contributed by atoms with E-state index in [0.717, 1.165) is 19.3 Å². The zero-order chi connectivity index (χ0) is 12.8. The molecule has 100 valence electrons. The molecule has 3 atom stereocenters. The van der Waals surface area contributed by atoms with Gasteiger partial charge >= 0.3 is 0 Å². The van der Waals surface area contributed by atoms with Gasteiger partial charge in [-0.2, -0.15) is 0 Å². The van der Waals surface area contributed by atoms with E-state index >= 15 is 0 Å². The topological polar surface area (TPSA) is 50.1 Å². The summed E-state index contributed by atoms with van der Waals surface area (Å²) in [6.07, 6.45) is 16.4. The Morgan fingerprint density at radius 3 is 2.83 bits per heavy atom. The van der Waals surface area contributed by atoms with Gasteiger partial charge in [0, 0.05) is 5.92 Å². The second kappa shape index (κ2) is 7.10. The highest BCUT2D eigenvalue weighted by molar-refractivity contribution is 6.13. The first-order valence-corrected chi connectivity index (χ1v) is 7.09. The van der Waals surface area contributed by atoms with Crippen molar-refractivity contribution < 1.29 is 0 Å². The SMILES string of the molecule is NC(NC(NCl)C1C=CCCC1)C1=CC=CCC1. The molecule has 0 bridgehead atoms. The molecule has 18 heavy (non-hydrogen) atoms. The normalized spacial score (nSPS) is 26.8. The summed E-state index contributed by atoms with van der Waals surface area (Å²) in [5.41, 5.74) is 7.44. The lowest BCUT2D eigenvalue weighted by Crippen LogP contribution is -2.52. The minimum Gasteiger partial charge on any atom is -0.312 e. The molecule has 0 aromatic carbocycles. The first-order chi connectivity index (χ1) is 8.81. The number of allylic oxidation sites excluding steroid dienone is 4. The third-order valence-electron chi connectivity index (χ3n) is 3.64. The molecule has 0 saturated heterocycles. The predicted octanol–water partition coefficient (Wildman–Crippen LogP) is 2.56. The van der Waals surface area contributed by atoms with Crippen LogP contribution in [0.2, 0.25) is 0 Å². The summed E-state index contributed by atoms with van der Waals surface area (Å²) in [7, 11) is 0. The first-order valence-electron chi connectivity index (χ1n) is 6.71. The largest absolute Gasteiger partial charge is 0.312 e. The lowest BCUT2D eigenvalue weighted by molar-refractivity contribution is 0.337. The predicted molar refractivity (Wildman–Crippen MR) is 76.8 cm³/mol. The Morgan fingerprint density at radius 1 is 1.33 bits per heavy atom. The lowest BCUT2D eigenvalue weighted by atomic mass is 9.93. The molecule has 4 N–H and O–H groups in total. The van der Waals surface area contributed by atoms with E-state index in [1.54, 1.807) is 0 Å². The van der Waals surface area contributed by atoms with Crippen LogP contribution >= 0.6 is 11.8 Å². The van der Waals surface area contributed by atoms with Gasteiger partial charge in [0.2, 0.25) is 0 Å². The molecule has 4 heteroatoms. The van der Waals surface area contributed by atoms with Gasteiger partial charge in [0.15, 0.2) is 0 Å². The van der Waals surface area contributed by atoms with E-state index in [4.69, 9.17) is 17.5 Å². The van der Waals surface area contributed by atoms with Gasteiger partial charge in [-0.15, -0.1) is 0 Å².